The fraction of sp³-hybridized carbons (Fsp3) is 0.400. The van der Waals surface area contributed by atoms with Gasteiger partial charge >= 0.3 is 0 Å². The average molecular weight is 319 g/mol. The monoisotopic (exact) mass is 319 g/mol. The maximum absolute atomic E-state index is 12.3. The number of carbonyl (C=O) groups is 1. The van der Waals surface area contributed by atoms with E-state index in [1.807, 2.05) is 0 Å². The molecule has 0 radical (unpaired) electrons. The summed E-state index contributed by atoms with van der Waals surface area (Å²) in [7, 11) is 1.65. The van der Waals surface area contributed by atoms with Gasteiger partial charge in [0.05, 0.1) is 12.6 Å². The van der Waals surface area contributed by atoms with Crippen molar-refractivity contribution in [2.24, 2.45) is 5.92 Å². The van der Waals surface area contributed by atoms with Crippen molar-refractivity contribution >= 4 is 18.1 Å². The minimum Gasteiger partial charge on any atom is -0.409 e. The molecule has 1 heterocycles. The molecule has 1 unspecified atom stereocenters. The number of ether oxygens (including phenoxy) is 1. The molecule has 1 aliphatic rings. The third-order valence-electron chi connectivity index (χ3n) is 3.69. The van der Waals surface area contributed by atoms with Crippen LogP contribution in [-0.4, -0.2) is 35.9 Å². The summed E-state index contributed by atoms with van der Waals surface area (Å²) in [5, 5.41) is 9.55. The number of aromatic amines is 1. The summed E-state index contributed by atoms with van der Waals surface area (Å²) in [6.45, 7) is 0.544. The highest BCUT2D eigenvalue weighted by Crippen LogP contribution is 2.32. The molecule has 1 atom stereocenters. The van der Waals surface area contributed by atoms with Crippen LogP contribution in [0, 0.1) is 10.8 Å². The first-order valence-electron chi connectivity index (χ1n) is 7.13. The number of carbonyl (C=O) groups excluding carboxylic acids is 1. The van der Waals surface area contributed by atoms with Crippen molar-refractivity contribution in [1.82, 2.24) is 15.5 Å². The SMILES string of the molecule is COCC(NC(=O)c1ccc(-c2n[nH]c(=S)o2)cc1)C1CC1. The second-order valence-electron chi connectivity index (χ2n) is 5.37. The van der Waals surface area contributed by atoms with E-state index < -0.39 is 0 Å². The molecule has 0 aliphatic heterocycles. The van der Waals surface area contributed by atoms with Crippen molar-refractivity contribution < 1.29 is 13.9 Å². The summed E-state index contributed by atoms with van der Waals surface area (Å²) in [6, 6.07) is 7.14. The van der Waals surface area contributed by atoms with E-state index in [-0.39, 0.29) is 16.8 Å². The van der Waals surface area contributed by atoms with Crippen molar-refractivity contribution in [1.29, 1.82) is 0 Å². The maximum Gasteiger partial charge on any atom is 0.284 e. The molecule has 1 aliphatic carbocycles. The van der Waals surface area contributed by atoms with Crippen LogP contribution in [0.3, 0.4) is 0 Å². The smallest absolute Gasteiger partial charge is 0.284 e. The Morgan fingerprint density at radius 3 is 2.77 bits per heavy atom. The molecule has 0 bridgehead atoms. The molecule has 22 heavy (non-hydrogen) atoms. The summed E-state index contributed by atoms with van der Waals surface area (Å²) >= 11 is 4.84. The zero-order valence-corrected chi connectivity index (χ0v) is 13.0. The Morgan fingerprint density at radius 1 is 1.50 bits per heavy atom. The van der Waals surface area contributed by atoms with Gasteiger partial charge in [0.1, 0.15) is 0 Å². The zero-order valence-electron chi connectivity index (χ0n) is 12.2. The summed E-state index contributed by atoms with van der Waals surface area (Å²) in [4.78, 5) is 12.5. The van der Waals surface area contributed by atoms with E-state index in [9.17, 15) is 4.79 Å². The van der Waals surface area contributed by atoms with Gasteiger partial charge in [-0.3, -0.25) is 4.79 Å². The molecular formula is C15H17N3O3S. The average Bonchev–Trinajstić information content (AvgIpc) is 3.28. The molecule has 1 fully saturated rings. The minimum atomic E-state index is -0.0941. The topological polar surface area (TPSA) is 80.1 Å². The highest BCUT2D eigenvalue weighted by molar-refractivity contribution is 7.71. The molecule has 2 N–H and O–H groups in total. The Hall–Kier alpha value is -1.99. The number of aromatic nitrogens is 2. The van der Waals surface area contributed by atoms with Gasteiger partial charge in [-0.1, -0.05) is 0 Å². The predicted octanol–water partition coefficient (Wildman–Crippen LogP) is 2.55. The lowest BCUT2D eigenvalue weighted by Crippen LogP contribution is -2.39. The minimum absolute atomic E-state index is 0.0845. The van der Waals surface area contributed by atoms with Gasteiger partial charge in [-0.05, 0) is 55.2 Å². The van der Waals surface area contributed by atoms with Crippen LogP contribution in [0.5, 0.6) is 0 Å². The lowest BCUT2D eigenvalue weighted by molar-refractivity contribution is 0.0884. The van der Waals surface area contributed by atoms with E-state index in [0.29, 0.717) is 24.0 Å². The van der Waals surface area contributed by atoms with Gasteiger partial charge in [-0.2, -0.15) is 0 Å². The molecule has 2 aromatic rings. The standard InChI is InChI=1S/C15H17N3O3S/c1-20-8-12(9-2-3-9)16-13(19)10-4-6-11(7-5-10)14-17-18-15(22)21-14/h4-7,9,12H,2-3,8H2,1H3,(H,16,19)(H,18,22). The van der Waals surface area contributed by atoms with Crippen LogP contribution in [0.15, 0.2) is 28.7 Å². The molecule has 1 aromatic heterocycles. The van der Waals surface area contributed by atoms with Crippen LogP contribution in [0.25, 0.3) is 11.5 Å². The Morgan fingerprint density at radius 2 is 2.23 bits per heavy atom. The normalized spacial score (nSPS) is 15.5. The second kappa shape index (κ2) is 6.41. The number of rotatable bonds is 6. The first kappa shape index (κ1) is 14.9. The van der Waals surface area contributed by atoms with Crippen molar-refractivity contribution in [3.05, 3.63) is 34.7 Å². The quantitative estimate of drug-likeness (QED) is 0.800. The fourth-order valence-corrected chi connectivity index (χ4v) is 2.47. The van der Waals surface area contributed by atoms with Gasteiger partial charge in [0.15, 0.2) is 0 Å². The lowest BCUT2D eigenvalue weighted by Gasteiger charge is -2.17. The number of nitrogens with one attached hydrogen (secondary N) is 2. The van der Waals surface area contributed by atoms with E-state index in [4.69, 9.17) is 21.4 Å². The van der Waals surface area contributed by atoms with E-state index in [1.165, 1.54) is 0 Å². The molecule has 3 rings (SSSR count). The predicted molar refractivity (Wildman–Crippen MR) is 83.0 cm³/mol. The molecule has 0 spiro atoms. The number of nitrogens with zero attached hydrogens (tertiary/aromatic N) is 1. The van der Waals surface area contributed by atoms with E-state index in [0.717, 1.165) is 18.4 Å². The van der Waals surface area contributed by atoms with E-state index in [1.54, 1.807) is 31.4 Å². The van der Waals surface area contributed by atoms with Crippen LogP contribution in [0.2, 0.25) is 0 Å². The zero-order chi connectivity index (χ0) is 15.5. The first-order valence-corrected chi connectivity index (χ1v) is 7.54. The van der Waals surface area contributed by atoms with Crippen molar-refractivity contribution in [2.45, 2.75) is 18.9 Å². The summed E-state index contributed by atoms with van der Waals surface area (Å²) in [5.74, 6) is 0.854. The van der Waals surface area contributed by atoms with Crippen LogP contribution < -0.4 is 5.32 Å². The maximum atomic E-state index is 12.3. The molecule has 116 valence electrons. The molecule has 6 nitrogen and oxygen atoms in total. The Kier molecular flexibility index (Phi) is 4.35. The van der Waals surface area contributed by atoms with Crippen LogP contribution >= 0.6 is 12.2 Å². The van der Waals surface area contributed by atoms with E-state index in [2.05, 4.69) is 15.5 Å². The van der Waals surface area contributed by atoms with Crippen LogP contribution in [-0.2, 0) is 4.74 Å². The highest BCUT2D eigenvalue weighted by atomic mass is 32.1. The van der Waals surface area contributed by atoms with Gasteiger partial charge in [-0.25, -0.2) is 5.10 Å². The molecule has 1 saturated carbocycles. The number of H-pyrrole nitrogens is 1. The third-order valence-corrected chi connectivity index (χ3v) is 3.86. The number of hydrogen-bond acceptors (Lipinski definition) is 5. The molecular weight excluding hydrogens is 302 g/mol. The fourth-order valence-electron chi connectivity index (χ4n) is 2.34. The van der Waals surface area contributed by atoms with Crippen LogP contribution in [0.4, 0.5) is 0 Å². The Labute approximate surface area is 132 Å². The lowest BCUT2D eigenvalue weighted by atomic mass is 10.1. The van der Waals surface area contributed by atoms with Crippen LogP contribution in [0.1, 0.15) is 23.2 Å². The van der Waals surface area contributed by atoms with Gasteiger partial charge in [0.2, 0.25) is 5.89 Å². The Balaban J connectivity index is 1.69. The molecule has 7 heteroatoms. The van der Waals surface area contributed by atoms with Crippen molar-refractivity contribution in [3.8, 4) is 11.5 Å². The number of amides is 1. The highest BCUT2D eigenvalue weighted by Gasteiger charge is 2.32. The molecule has 1 amide bonds. The third kappa shape index (κ3) is 3.42. The summed E-state index contributed by atoms with van der Waals surface area (Å²) in [6.07, 6.45) is 2.30. The van der Waals surface area contributed by atoms with Gasteiger partial charge in [0, 0.05) is 18.2 Å². The summed E-state index contributed by atoms with van der Waals surface area (Å²) in [5.41, 5.74) is 1.36. The first-order chi connectivity index (χ1) is 10.7. The Bertz CT molecular complexity index is 703. The van der Waals surface area contributed by atoms with Gasteiger partial charge in [0.25, 0.3) is 10.7 Å². The summed E-state index contributed by atoms with van der Waals surface area (Å²) < 4.78 is 10.4. The van der Waals surface area contributed by atoms with Gasteiger partial charge in [-0.15, -0.1) is 5.10 Å². The largest absolute Gasteiger partial charge is 0.409 e. The number of benzene rings is 1. The molecule has 0 saturated heterocycles. The number of methoxy groups -OCH3 is 1. The van der Waals surface area contributed by atoms with Crippen molar-refractivity contribution in [3.63, 3.8) is 0 Å². The van der Waals surface area contributed by atoms with Crippen molar-refractivity contribution in [2.75, 3.05) is 13.7 Å². The van der Waals surface area contributed by atoms with E-state index >= 15 is 0 Å². The second-order valence-corrected chi connectivity index (χ2v) is 5.74. The molecule has 1 aromatic carbocycles. The number of hydrogen-bond donors (Lipinski definition) is 2. The van der Waals surface area contributed by atoms with Gasteiger partial charge < -0.3 is 14.5 Å².